The van der Waals surface area contributed by atoms with Crippen molar-refractivity contribution in [1.29, 1.82) is 0 Å². The maximum Gasteiger partial charge on any atom is 0.161 e. The van der Waals surface area contributed by atoms with Crippen molar-refractivity contribution in [2.45, 2.75) is 33.0 Å². The first kappa shape index (κ1) is 18.0. The molecule has 0 spiro atoms. The Labute approximate surface area is 139 Å². The topological polar surface area (TPSA) is 41.4 Å². The lowest BCUT2D eigenvalue weighted by atomic mass is 10.2. The Morgan fingerprint density at radius 2 is 1.65 bits per heavy atom. The number of ether oxygens (including phenoxy) is 4. The first-order chi connectivity index (χ1) is 11.2. The largest absolute Gasteiger partial charge is 0.490 e. The van der Waals surface area contributed by atoms with Crippen LogP contribution >= 0.6 is 0 Å². The Hall–Kier alpha value is -1.30. The van der Waals surface area contributed by atoms with E-state index in [1.165, 1.54) is 0 Å². The molecular weight excluding hydrogens is 294 g/mol. The molecule has 0 amide bonds. The molecule has 0 radical (unpaired) electrons. The average molecular weight is 324 g/mol. The lowest BCUT2D eigenvalue weighted by Crippen LogP contribution is -3.15. The summed E-state index contributed by atoms with van der Waals surface area (Å²) in [6.07, 6.45) is 0.680. The summed E-state index contributed by atoms with van der Waals surface area (Å²) in [6, 6.07) is 7.74. The Morgan fingerprint density at radius 3 is 2.30 bits per heavy atom. The molecule has 1 aliphatic heterocycles. The number of rotatable bonds is 9. The van der Waals surface area contributed by atoms with Crippen LogP contribution in [-0.2, 0) is 9.47 Å². The Morgan fingerprint density at radius 1 is 1.00 bits per heavy atom. The highest BCUT2D eigenvalue weighted by molar-refractivity contribution is 5.39. The summed E-state index contributed by atoms with van der Waals surface area (Å²) in [5.74, 6) is 1.56. The van der Waals surface area contributed by atoms with Crippen LogP contribution in [0.4, 0.5) is 0 Å². The zero-order chi connectivity index (χ0) is 16.5. The zero-order valence-electron chi connectivity index (χ0n) is 14.5. The van der Waals surface area contributed by atoms with E-state index in [2.05, 4.69) is 13.8 Å². The molecule has 0 bridgehead atoms. The van der Waals surface area contributed by atoms with Crippen LogP contribution in [0.5, 0.6) is 11.5 Å². The molecule has 1 aliphatic rings. The number of benzene rings is 1. The van der Waals surface area contributed by atoms with Gasteiger partial charge in [0.05, 0.1) is 19.8 Å². The second-order valence-corrected chi connectivity index (χ2v) is 6.01. The van der Waals surface area contributed by atoms with Gasteiger partial charge in [-0.25, -0.2) is 0 Å². The van der Waals surface area contributed by atoms with Crippen molar-refractivity contribution in [3.8, 4) is 11.5 Å². The van der Waals surface area contributed by atoms with E-state index in [9.17, 15) is 0 Å². The summed E-state index contributed by atoms with van der Waals surface area (Å²) in [7, 11) is 0. The van der Waals surface area contributed by atoms with Crippen molar-refractivity contribution in [2.75, 3.05) is 46.1 Å². The molecule has 1 heterocycles. The van der Waals surface area contributed by atoms with Crippen LogP contribution in [-0.4, -0.2) is 58.3 Å². The maximum absolute atomic E-state index is 5.75. The van der Waals surface area contributed by atoms with Gasteiger partial charge >= 0.3 is 0 Å². The molecule has 0 saturated carbocycles. The first-order valence-electron chi connectivity index (χ1n) is 8.60. The quantitative estimate of drug-likeness (QED) is 0.693. The molecule has 5 nitrogen and oxygen atoms in total. The monoisotopic (exact) mass is 324 g/mol. The minimum Gasteiger partial charge on any atom is -0.490 e. The summed E-state index contributed by atoms with van der Waals surface area (Å²) < 4.78 is 22.7. The van der Waals surface area contributed by atoms with Gasteiger partial charge in [-0.05, 0) is 32.9 Å². The highest BCUT2D eigenvalue weighted by atomic mass is 16.5. The van der Waals surface area contributed by atoms with Gasteiger partial charge in [0, 0.05) is 0 Å². The minimum atomic E-state index is 0.340. The fraction of sp³-hybridized carbons (Fsp3) is 0.667. The van der Waals surface area contributed by atoms with Crippen LogP contribution < -0.4 is 14.4 Å². The van der Waals surface area contributed by atoms with E-state index in [4.69, 9.17) is 18.9 Å². The van der Waals surface area contributed by atoms with Crippen molar-refractivity contribution in [3.05, 3.63) is 24.3 Å². The Balaban J connectivity index is 1.59. The number of morpholine rings is 1. The molecule has 2 rings (SSSR count). The third-order valence-corrected chi connectivity index (χ3v) is 3.85. The van der Waals surface area contributed by atoms with Crippen molar-refractivity contribution < 1.29 is 23.8 Å². The molecule has 1 fully saturated rings. The summed E-state index contributed by atoms with van der Waals surface area (Å²) >= 11 is 0. The van der Waals surface area contributed by atoms with Gasteiger partial charge in [0.25, 0.3) is 0 Å². The fourth-order valence-electron chi connectivity index (χ4n) is 2.97. The number of hydrogen-bond donors (Lipinski definition) is 1. The van der Waals surface area contributed by atoms with Crippen molar-refractivity contribution in [3.63, 3.8) is 0 Å². The average Bonchev–Trinajstić information content (AvgIpc) is 2.51. The third-order valence-electron chi connectivity index (χ3n) is 3.85. The van der Waals surface area contributed by atoms with Gasteiger partial charge < -0.3 is 23.8 Å². The third kappa shape index (κ3) is 6.37. The van der Waals surface area contributed by atoms with Crippen LogP contribution in [0.2, 0.25) is 0 Å². The lowest BCUT2D eigenvalue weighted by Gasteiger charge is -2.32. The van der Waals surface area contributed by atoms with Crippen molar-refractivity contribution in [1.82, 2.24) is 0 Å². The molecule has 130 valence electrons. The Bertz CT molecular complexity index is 444. The van der Waals surface area contributed by atoms with Gasteiger partial charge in [0.2, 0.25) is 0 Å². The molecule has 1 aromatic rings. The number of hydrogen-bond acceptors (Lipinski definition) is 4. The second-order valence-electron chi connectivity index (χ2n) is 6.01. The smallest absolute Gasteiger partial charge is 0.161 e. The number of quaternary nitrogens is 1. The predicted octanol–water partition coefficient (Wildman–Crippen LogP) is 1.17. The minimum absolute atomic E-state index is 0.340. The van der Waals surface area contributed by atoms with Gasteiger partial charge in [-0.2, -0.15) is 0 Å². The Kier molecular flexibility index (Phi) is 7.65. The zero-order valence-corrected chi connectivity index (χ0v) is 14.5. The van der Waals surface area contributed by atoms with Gasteiger partial charge in [-0.15, -0.1) is 0 Å². The van der Waals surface area contributed by atoms with Crippen molar-refractivity contribution >= 4 is 0 Å². The summed E-state index contributed by atoms with van der Waals surface area (Å²) in [4.78, 5) is 1.55. The van der Waals surface area contributed by atoms with E-state index in [1.54, 1.807) is 4.90 Å². The lowest BCUT2D eigenvalue weighted by molar-refractivity contribution is -0.915. The normalized spacial score (nSPS) is 24.4. The fourth-order valence-corrected chi connectivity index (χ4v) is 2.97. The molecule has 5 heteroatoms. The summed E-state index contributed by atoms with van der Waals surface area (Å²) in [5, 5.41) is 0. The van der Waals surface area contributed by atoms with Crippen LogP contribution in [0, 0.1) is 0 Å². The molecule has 1 saturated heterocycles. The van der Waals surface area contributed by atoms with E-state index < -0.39 is 0 Å². The molecule has 23 heavy (non-hydrogen) atoms. The maximum atomic E-state index is 5.75. The van der Waals surface area contributed by atoms with E-state index in [1.807, 2.05) is 31.2 Å². The van der Waals surface area contributed by atoms with E-state index in [0.717, 1.165) is 37.7 Å². The molecule has 2 atom stereocenters. The SMILES string of the molecule is CCOc1ccccc1OCCOCC[NH+]1C[C@H](C)O[C@@H](C)C1. The molecule has 1 N–H and O–H groups in total. The molecule has 1 aromatic carbocycles. The van der Waals surface area contributed by atoms with E-state index in [-0.39, 0.29) is 0 Å². The van der Waals surface area contributed by atoms with E-state index in [0.29, 0.717) is 32.0 Å². The molecule has 0 unspecified atom stereocenters. The molecule has 0 aliphatic carbocycles. The van der Waals surface area contributed by atoms with Crippen molar-refractivity contribution in [2.24, 2.45) is 0 Å². The summed E-state index contributed by atoms with van der Waals surface area (Å²) in [6.45, 7) is 11.9. The molecule has 0 aromatic heterocycles. The van der Waals surface area contributed by atoms with Gasteiger partial charge in [0.1, 0.15) is 38.4 Å². The van der Waals surface area contributed by atoms with Crippen LogP contribution in [0.3, 0.4) is 0 Å². The van der Waals surface area contributed by atoms with Crippen LogP contribution in [0.1, 0.15) is 20.8 Å². The van der Waals surface area contributed by atoms with E-state index >= 15 is 0 Å². The standard InChI is InChI=1S/C18H29NO4/c1-4-21-17-7-5-6-8-18(17)22-12-11-20-10-9-19-13-15(2)23-16(3)14-19/h5-8,15-16H,4,9-14H2,1-3H3/p+1/t15-,16-/m0/s1. The number of para-hydroxylation sites is 2. The summed E-state index contributed by atoms with van der Waals surface area (Å²) in [5.41, 5.74) is 0. The highest BCUT2D eigenvalue weighted by Crippen LogP contribution is 2.26. The van der Waals surface area contributed by atoms with Crippen LogP contribution in [0.25, 0.3) is 0 Å². The second kappa shape index (κ2) is 9.75. The number of nitrogens with one attached hydrogen (secondary N) is 1. The van der Waals surface area contributed by atoms with Gasteiger partial charge in [0.15, 0.2) is 11.5 Å². The molecular formula is C18H30NO4+. The van der Waals surface area contributed by atoms with Gasteiger partial charge in [-0.1, -0.05) is 12.1 Å². The van der Waals surface area contributed by atoms with Gasteiger partial charge in [-0.3, -0.25) is 0 Å². The van der Waals surface area contributed by atoms with Crippen LogP contribution in [0.15, 0.2) is 24.3 Å². The highest BCUT2D eigenvalue weighted by Gasteiger charge is 2.24. The first-order valence-corrected chi connectivity index (χ1v) is 8.60. The predicted molar refractivity (Wildman–Crippen MR) is 89.5 cm³/mol.